The minimum absolute atomic E-state index is 0.667. The van der Waals surface area contributed by atoms with E-state index in [1.165, 1.54) is 12.8 Å². The Morgan fingerprint density at radius 2 is 2.00 bits per heavy atom. The van der Waals surface area contributed by atoms with E-state index in [1.54, 1.807) is 0 Å². The van der Waals surface area contributed by atoms with E-state index in [0.717, 1.165) is 35.3 Å². The summed E-state index contributed by atoms with van der Waals surface area (Å²) < 4.78 is 6.63. The monoisotopic (exact) mass is 333 g/mol. The van der Waals surface area contributed by atoms with E-state index in [1.807, 2.05) is 19.1 Å². The van der Waals surface area contributed by atoms with E-state index in [-0.39, 0.29) is 0 Å². The van der Waals surface area contributed by atoms with Gasteiger partial charge >= 0.3 is 0 Å². The maximum atomic E-state index is 6.15. The molecule has 0 radical (unpaired) electrons. The molecule has 0 aliphatic heterocycles. The average Bonchev–Trinajstić information content (AvgIpc) is 2.30. The van der Waals surface area contributed by atoms with Gasteiger partial charge in [-0.2, -0.15) is 0 Å². The Labute approximate surface area is 123 Å². The van der Waals surface area contributed by atoms with Gasteiger partial charge in [0.1, 0.15) is 0 Å². The molecular formula is C14H21BrClNO. The molecule has 0 spiro atoms. The Kier molecular flexibility index (Phi) is 7.71. The zero-order chi connectivity index (χ0) is 13.4. The van der Waals surface area contributed by atoms with Crippen LogP contribution in [0.5, 0.6) is 5.75 Å². The van der Waals surface area contributed by atoms with Crippen molar-refractivity contribution < 1.29 is 4.74 Å². The van der Waals surface area contributed by atoms with Crippen molar-refractivity contribution >= 4 is 27.5 Å². The molecule has 0 atom stereocenters. The maximum Gasteiger partial charge on any atom is 0.152 e. The van der Waals surface area contributed by atoms with Crippen LogP contribution in [-0.2, 0) is 0 Å². The van der Waals surface area contributed by atoms with E-state index in [2.05, 4.69) is 28.2 Å². The van der Waals surface area contributed by atoms with Gasteiger partial charge in [0.05, 0.1) is 16.1 Å². The summed E-state index contributed by atoms with van der Waals surface area (Å²) in [5, 5.41) is 4.05. The lowest BCUT2D eigenvalue weighted by Gasteiger charge is -2.11. The van der Waals surface area contributed by atoms with Crippen molar-refractivity contribution in [1.82, 2.24) is 5.32 Å². The van der Waals surface area contributed by atoms with Crippen LogP contribution in [-0.4, -0.2) is 19.7 Å². The van der Waals surface area contributed by atoms with Crippen LogP contribution in [0.15, 0.2) is 16.6 Å². The Balaban J connectivity index is 2.27. The molecule has 0 amide bonds. The number of rotatable bonds is 8. The van der Waals surface area contributed by atoms with Crippen LogP contribution in [0.1, 0.15) is 31.7 Å². The third kappa shape index (κ3) is 5.59. The molecule has 1 aromatic carbocycles. The van der Waals surface area contributed by atoms with Gasteiger partial charge in [-0.15, -0.1) is 0 Å². The van der Waals surface area contributed by atoms with Crippen LogP contribution in [0.2, 0.25) is 5.02 Å². The lowest BCUT2D eigenvalue weighted by molar-refractivity contribution is 0.306. The molecule has 0 aliphatic rings. The van der Waals surface area contributed by atoms with Gasteiger partial charge in [-0.05, 0) is 66.5 Å². The highest BCUT2D eigenvalue weighted by molar-refractivity contribution is 9.10. The molecule has 0 fully saturated rings. The highest BCUT2D eigenvalue weighted by Gasteiger charge is 2.07. The van der Waals surface area contributed by atoms with Crippen molar-refractivity contribution in [3.05, 3.63) is 27.2 Å². The van der Waals surface area contributed by atoms with Gasteiger partial charge in [-0.3, -0.25) is 0 Å². The first-order valence-electron chi connectivity index (χ1n) is 6.44. The first-order valence-corrected chi connectivity index (χ1v) is 7.61. The van der Waals surface area contributed by atoms with E-state index in [0.29, 0.717) is 11.6 Å². The average molecular weight is 335 g/mol. The van der Waals surface area contributed by atoms with Gasteiger partial charge in [0.2, 0.25) is 0 Å². The molecule has 102 valence electrons. The number of hydrogen-bond acceptors (Lipinski definition) is 2. The van der Waals surface area contributed by atoms with E-state index < -0.39 is 0 Å². The molecule has 1 aromatic rings. The Hall–Kier alpha value is -0.250. The minimum Gasteiger partial charge on any atom is -0.491 e. The summed E-state index contributed by atoms with van der Waals surface area (Å²) in [6, 6.07) is 3.93. The summed E-state index contributed by atoms with van der Waals surface area (Å²) in [5.41, 5.74) is 1.13. The van der Waals surface area contributed by atoms with Gasteiger partial charge in [0.15, 0.2) is 5.75 Å². The third-order valence-electron chi connectivity index (χ3n) is 2.59. The van der Waals surface area contributed by atoms with E-state index in [9.17, 15) is 0 Å². The molecule has 2 nitrogen and oxygen atoms in total. The molecule has 4 heteroatoms. The number of halogens is 2. The summed E-state index contributed by atoms with van der Waals surface area (Å²) in [6.45, 7) is 6.97. The number of hydrogen-bond donors (Lipinski definition) is 1. The molecule has 0 unspecified atom stereocenters. The fraction of sp³-hybridized carbons (Fsp3) is 0.571. The fourth-order valence-corrected chi connectivity index (χ4v) is 2.75. The summed E-state index contributed by atoms with van der Waals surface area (Å²) >= 11 is 9.62. The van der Waals surface area contributed by atoms with Crippen LogP contribution in [0, 0.1) is 6.92 Å². The first kappa shape index (κ1) is 15.8. The van der Waals surface area contributed by atoms with Crippen LogP contribution >= 0.6 is 27.5 Å². The second-order valence-electron chi connectivity index (χ2n) is 4.36. The number of nitrogens with one attached hydrogen (secondary N) is 1. The lowest BCUT2D eigenvalue weighted by atomic mass is 10.2. The largest absolute Gasteiger partial charge is 0.491 e. The van der Waals surface area contributed by atoms with Crippen molar-refractivity contribution in [1.29, 1.82) is 0 Å². The number of benzene rings is 1. The van der Waals surface area contributed by atoms with Crippen LogP contribution < -0.4 is 10.1 Å². The van der Waals surface area contributed by atoms with Gasteiger partial charge in [0.25, 0.3) is 0 Å². The normalized spacial score (nSPS) is 10.7. The number of aryl methyl sites for hydroxylation is 1. The molecule has 1 N–H and O–H groups in total. The molecule has 0 bridgehead atoms. The van der Waals surface area contributed by atoms with Gasteiger partial charge in [0, 0.05) is 0 Å². The standard InChI is InChI=1S/C14H21BrClNO/c1-3-4-6-17-7-5-8-18-14-12(15)9-11(2)10-13(14)16/h9-10,17H,3-8H2,1-2H3. The predicted molar refractivity (Wildman–Crippen MR) is 81.8 cm³/mol. The van der Waals surface area contributed by atoms with Crippen LogP contribution in [0.4, 0.5) is 0 Å². The quantitative estimate of drug-likeness (QED) is 0.703. The Bertz CT molecular complexity index is 348. The molecule has 18 heavy (non-hydrogen) atoms. The maximum absolute atomic E-state index is 6.15. The molecule has 0 aromatic heterocycles. The highest BCUT2D eigenvalue weighted by atomic mass is 79.9. The van der Waals surface area contributed by atoms with Gasteiger partial charge in [-0.25, -0.2) is 0 Å². The first-order chi connectivity index (χ1) is 8.65. The molecular weight excluding hydrogens is 314 g/mol. The Morgan fingerprint density at radius 1 is 1.28 bits per heavy atom. The molecule has 0 saturated carbocycles. The molecule has 1 rings (SSSR count). The zero-order valence-electron chi connectivity index (χ0n) is 11.1. The summed E-state index contributed by atoms with van der Waals surface area (Å²) in [7, 11) is 0. The van der Waals surface area contributed by atoms with Gasteiger partial charge in [-0.1, -0.05) is 24.9 Å². The van der Waals surface area contributed by atoms with E-state index in [4.69, 9.17) is 16.3 Å². The smallest absolute Gasteiger partial charge is 0.152 e. The van der Waals surface area contributed by atoms with Crippen molar-refractivity contribution in [3.63, 3.8) is 0 Å². The number of unbranched alkanes of at least 4 members (excludes halogenated alkanes) is 1. The number of ether oxygens (including phenoxy) is 1. The summed E-state index contributed by atoms with van der Waals surface area (Å²) in [4.78, 5) is 0. The van der Waals surface area contributed by atoms with Crippen LogP contribution in [0.3, 0.4) is 0 Å². The fourth-order valence-electron chi connectivity index (χ4n) is 1.62. The van der Waals surface area contributed by atoms with Crippen molar-refractivity contribution in [2.75, 3.05) is 19.7 Å². The summed E-state index contributed by atoms with van der Waals surface area (Å²) in [6.07, 6.45) is 3.45. The van der Waals surface area contributed by atoms with Crippen LogP contribution in [0.25, 0.3) is 0 Å². The predicted octanol–water partition coefficient (Wildman–Crippen LogP) is 4.57. The Morgan fingerprint density at radius 3 is 2.67 bits per heavy atom. The third-order valence-corrected chi connectivity index (χ3v) is 3.46. The van der Waals surface area contributed by atoms with E-state index >= 15 is 0 Å². The zero-order valence-corrected chi connectivity index (χ0v) is 13.4. The summed E-state index contributed by atoms with van der Waals surface area (Å²) in [5.74, 6) is 0.746. The van der Waals surface area contributed by atoms with Crippen molar-refractivity contribution in [2.24, 2.45) is 0 Å². The second kappa shape index (κ2) is 8.78. The van der Waals surface area contributed by atoms with Crippen molar-refractivity contribution in [2.45, 2.75) is 33.1 Å². The lowest BCUT2D eigenvalue weighted by Crippen LogP contribution is -2.18. The molecule has 0 heterocycles. The SMILES string of the molecule is CCCCNCCCOc1c(Cl)cc(C)cc1Br. The molecule has 0 aliphatic carbocycles. The minimum atomic E-state index is 0.667. The van der Waals surface area contributed by atoms with Gasteiger partial charge < -0.3 is 10.1 Å². The topological polar surface area (TPSA) is 21.3 Å². The second-order valence-corrected chi connectivity index (χ2v) is 5.62. The highest BCUT2D eigenvalue weighted by Crippen LogP contribution is 2.34. The molecule has 0 saturated heterocycles. The van der Waals surface area contributed by atoms with Crippen molar-refractivity contribution in [3.8, 4) is 5.75 Å².